The highest BCUT2D eigenvalue weighted by molar-refractivity contribution is 8.00. The Labute approximate surface area is 168 Å². The van der Waals surface area contributed by atoms with Crippen molar-refractivity contribution in [2.75, 3.05) is 16.8 Å². The number of benzene rings is 2. The third-order valence-electron chi connectivity index (χ3n) is 4.34. The third-order valence-corrected chi connectivity index (χ3v) is 5.43. The van der Waals surface area contributed by atoms with E-state index in [4.69, 9.17) is 4.74 Å². The molecule has 0 saturated carbocycles. The Morgan fingerprint density at radius 1 is 1.11 bits per heavy atom. The molecule has 0 radical (unpaired) electrons. The average molecular weight is 398 g/mol. The Balaban J connectivity index is 1.64. The van der Waals surface area contributed by atoms with E-state index in [9.17, 15) is 14.4 Å². The van der Waals surface area contributed by atoms with E-state index >= 15 is 0 Å². The average Bonchev–Trinajstić information content (AvgIpc) is 2.68. The molecule has 0 saturated heterocycles. The maximum absolute atomic E-state index is 12.8. The Morgan fingerprint density at radius 3 is 2.50 bits per heavy atom. The quantitative estimate of drug-likeness (QED) is 0.617. The van der Waals surface area contributed by atoms with Crippen molar-refractivity contribution in [2.45, 2.75) is 37.0 Å². The van der Waals surface area contributed by atoms with Crippen molar-refractivity contribution < 1.29 is 19.1 Å². The first kappa shape index (κ1) is 19.9. The number of esters is 1. The lowest BCUT2D eigenvalue weighted by atomic mass is 10.1. The van der Waals surface area contributed by atoms with E-state index in [2.05, 4.69) is 5.32 Å². The number of carbonyl (C=O) groups is 3. The van der Waals surface area contributed by atoms with Crippen LogP contribution in [0.3, 0.4) is 0 Å². The summed E-state index contributed by atoms with van der Waals surface area (Å²) >= 11 is 1.38. The van der Waals surface area contributed by atoms with Crippen molar-refractivity contribution in [1.29, 1.82) is 0 Å². The number of aryl methyl sites for hydroxylation is 1. The maximum Gasteiger partial charge on any atom is 0.319 e. The van der Waals surface area contributed by atoms with Gasteiger partial charge < -0.3 is 10.1 Å². The van der Waals surface area contributed by atoms with Gasteiger partial charge in [-0.2, -0.15) is 0 Å². The van der Waals surface area contributed by atoms with Gasteiger partial charge in [-0.3, -0.25) is 19.3 Å². The van der Waals surface area contributed by atoms with Crippen LogP contribution in [0.25, 0.3) is 0 Å². The van der Waals surface area contributed by atoms with Crippen LogP contribution in [0, 0.1) is 6.92 Å². The highest BCUT2D eigenvalue weighted by Crippen LogP contribution is 2.30. The zero-order valence-electron chi connectivity index (χ0n) is 16.0. The van der Waals surface area contributed by atoms with E-state index in [1.165, 1.54) is 23.6 Å². The molecule has 0 fully saturated rings. The minimum atomic E-state index is -0.993. The monoisotopic (exact) mass is 398 g/mol. The van der Waals surface area contributed by atoms with Gasteiger partial charge in [-0.25, -0.2) is 0 Å². The van der Waals surface area contributed by atoms with Gasteiger partial charge in [0, 0.05) is 4.90 Å². The molecule has 1 aliphatic heterocycles. The molecule has 0 spiro atoms. The second-order valence-corrected chi connectivity index (χ2v) is 8.06. The molecule has 2 amide bonds. The topological polar surface area (TPSA) is 75.7 Å². The van der Waals surface area contributed by atoms with Crippen molar-refractivity contribution in [2.24, 2.45) is 0 Å². The summed E-state index contributed by atoms with van der Waals surface area (Å²) < 4.78 is 5.39. The van der Waals surface area contributed by atoms with Crippen LogP contribution >= 0.6 is 11.8 Å². The van der Waals surface area contributed by atoms with Crippen LogP contribution in [0.1, 0.15) is 19.4 Å². The number of nitrogens with one attached hydrogen (secondary N) is 1. The zero-order valence-corrected chi connectivity index (χ0v) is 16.8. The first-order valence-corrected chi connectivity index (χ1v) is 9.87. The summed E-state index contributed by atoms with van der Waals surface area (Å²) in [7, 11) is 0. The smallest absolute Gasteiger partial charge is 0.319 e. The largest absolute Gasteiger partial charge is 0.452 e. The van der Waals surface area contributed by atoms with Crippen LogP contribution in [0.4, 0.5) is 11.4 Å². The minimum Gasteiger partial charge on any atom is -0.452 e. The second-order valence-electron chi connectivity index (χ2n) is 6.64. The van der Waals surface area contributed by atoms with E-state index in [0.717, 1.165) is 10.5 Å². The number of thioether (sulfide) groups is 1. The van der Waals surface area contributed by atoms with Crippen LogP contribution < -0.4 is 10.2 Å². The fourth-order valence-electron chi connectivity index (χ4n) is 2.84. The van der Waals surface area contributed by atoms with E-state index in [1.54, 1.807) is 31.2 Å². The fraction of sp³-hybridized carbons (Fsp3) is 0.286. The van der Waals surface area contributed by atoms with Gasteiger partial charge in [0.1, 0.15) is 11.8 Å². The number of para-hydroxylation sites is 2. The van der Waals surface area contributed by atoms with Gasteiger partial charge in [-0.15, -0.1) is 11.8 Å². The molecule has 7 heteroatoms. The molecular weight excluding hydrogens is 376 g/mol. The molecule has 28 heavy (non-hydrogen) atoms. The lowest BCUT2D eigenvalue weighted by Crippen LogP contribution is -2.47. The first-order valence-electron chi connectivity index (χ1n) is 8.99. The van der Waals surface area contributed by atoms with Crippen molar-refractivity contribution in [3.8, 4) is 0 Å². The van der Waals surface area contributed by atoms with Gasteiger partial charge in [0.05, 0.1) is 11.4 Å². The van der Waals surface area contributed by atoms with Gasteiger partial charge in [0.2, 0.25) is 5.91 Å². The molecule has 0 aromatic heterocycles. The molecule has 0 bridgehead atoms. The SMILES string of the molecule is Cc1ccc(S[C@@H](C)C(=O)O[C@H](C)C(=O)N2CC(=O)Nc3ccccc32)cc1. The highest BCUT2D eigenvalue weighted by Gasteiger charge is 2.32. The number of fused-ring (bicyclic) bond motifs is 1. The van der Waals surface area contributed by atoms with E-state index in [0.29, 0.717) is 11.4 Å². The summed E-state index contributed by atoms with van der Waals surface area (Å²) in [5.41, 5.74) is 2.30. The minimum absolute atomic E-state index is 0.106. The fourth-order valence-corrected chi connectivity index (χ4v) is 3.69. The number of rotatable bonds is 5. The molecule has 0 aliphatic carbocycles. The zero-order chi connectivity index (χ0) is 20.3. The molecule has 1 heterocycles. The molecule has 0 unspecified atom stereocenters. The Kier molecular flexibility index (Phi) is 6.04. The van der Waals surface area contributed by atoms with Crippen LogP contribution in [-0.2, 0) is 19.1 Å². The van der Waals surface area contributed by atoms with Crippen LogP contribution in [0.2, 0.25) is 0 Å². The number of ether oxygens (including phenoxy) is 1. The molecule has 6 nitrogen and oxygen atoms in total. The lowest BCUT2D eigenvalue weighted by Gasteiger charge is -2.31. The summed E-state index contributed by atoms with van der Waals surface area (Å²) in [4.78, 5) is 39.5. The lowest BCUT2D eigenvalue weighted by molar-refractivity contribution is -0.153. The second kappa shape index (κ2) is 8.48. The number of amides is 2. The predicted octanol–water partition coefficient (Wildman–Crippen LogP) is 3.39. The summed E-state index contributed by atoms with van der Waals surface area (Å²) in [6.07, 6.45) is -0.993. The summed E-state index contributed by atoms with van der Waals surface area (Å²) in [6, 6.07) is 14.9. The van der Waals surface area contributed by atoms with Gasteiger partial charge in [0.25, 0.3) is 5.91 Å². The maximum atomic E-state index is 12.8. The summed E-state index contributed by atoms with van der Waals surface area (Å²) in [5.74, 6) is -1.18. The number of carbonyl (C=O) groups excluding carboxylic acids is 3. The third kappa shape index (κ3) is 4.54. The van der Waals surface area contributed by atoms with Crippen molar-refractivity contribution >= 4 is 40.9 Å². The molecule has 1 aliphatic rings. The Hall–Kier alpha value is -2.80. The van der Waals surface area contributed by atoms with E-state index in [1.807, 2.05) is 31.2 Å². The van der Waals surface area contributed by atoms with Crippen LogP contribution in [-0.4, -0.2) is 35.7 Å². The molecular formula is C21H22N2O4S. The van der Waals surface area contributed by atoms with Gasteiger partial charge in [-0.05, 0) is 45.0 Å². The standard InChI is InChI=1S/C21H22N2O4S/c1-13-8-10-16(11-9-13)28-15(3)21(26)27-14(2)20(25)23-12-19(24)22-17-6-4-5-7-18(17)23/h4-11,14-15H,12H2,1-3H3,(H,22,24)/t14-,15+/m1/s1. The van der Waals surface area contributed by atoms with Gasteiger partial charge in [-0.1, -0.05) is 29.8 Å². The Morgan fingerprint density at radius 2 is 1.79 bits per heavy atom. The number of nitrogens with zero attached hydrogens (tertiary/aromatic N) is 1. The molecule has 2 atom stereocenters. The normalized spacial score (nSPS) is 15.2. The first-order chi connectivity index (χ1) is 13.3. The van der Waals surface area contributed by atoms with E-state index in [-0.39, 0.29) is 12.5 Å². The predicted molar refractivity (Wildman–Crippen MR) is 109 cm³/mol. The van der Waals surface area contributed by atoms with Gasteiger partial charge in [0.15, 0.2) is 6.10 Å². The molecule has 2 aromatic rings. The molecule has 2 aromatic carbocycles. The van der Waals surface area contributed by atoms with Crippen molar-refractivity contribution in [1.82, 2.24) is 0 Å². The van der Waals surface area contributed by atoms with Crippen LogP contribution in [0.5, 0.6) is 0 Å². The van der Waals surface area contributed by atoms with Crippen LogP contribution in [0.15, 0.2) is 53.4 Å². The summed E-state index contributed by atoms with van der Waals surface area (Å²) in [6.45, 7) is 5.16. The van der Waals surface area contributed by atoms with Crippen molar-refractivity contribution in [3.05, 3.63) is 54.1 Å². The number of hydrogen-bond donors (Lipinski definition) is 1. The van der Waals surface area contributed by atoms with E-state index < -0.39 is 23.2 Å². The van der Waals surface area contributed by atoms with Gasteiger partial charge >= 0.3 is 5.97 Å². The molecule has 3 rings (SSSR count). The molecule has 146 valence electrons. The molecule has 1 N–H and O–H groups in total. The number of hydrogen-bond acceptors (Lipinski definition) is 5. The Bertz CT molecular complexity index is 898. The summed E-state index contributed by atoms with van der Waals surface area (Å²) in [5, 5.41) is 2.27. The van der Waals surface area contributed by atoms with Crippen molar-refractivity contribution in [3.63, 3.8) is 0 Å². The number of anilines is 2. The highest BCUT2D eigenvalue weighted by atomic mass is 32.2.